The Morgan fingerprint density at radius 1 is 0.512 bits per heavy atom. The second-order valence-corrected chi connectivity index (χ2v) is 27.4. The van der Waals surface area contributed by atoms with Crippen molar-refractivity contribution in [3.8, 4) is 56.0 Å². The van der Waals surface area contributed by atoms with Gasteiger partial charge in [0.05, 0.1) is 13.7 Å². The van der Waals surface area contributed by atoms with Crippen molar-refractivity contribution in [1.82, 2.24) is 4.98 Å². The maximum atomic E-state index is 9.35. The monoisotopic (exact) mass is 1300 g/mol. The van der Waals surface area contributed by atoms with Gasteiger partial charge in [-0.15, -0.1) is 47.9 Å². The van der Waals surface area contributed by atoms with Gasteiger partial charge in [0.25, 0.3) is 0 Å². The zero-order valence-electron chi connectivity index (χ0n) is 60.7. The van der Waals surface area contributed by atoms with Gasteiger partial charge in [-0.25, -0.2) is 4.98 Å². The molecule has 14 rings (SSSR count). The Bertz CT molecular complexity index is 4980. The van der Waals surface area contributed by atoms with Crippen molar-refractivity contribution < 1.29 is 43.6 Å². The van der Waals surface area contributed by atoms with Crippen LogP contribution in [-0.2, 0) is 31.9 Å². The van der Waals surface area contributed by atoms with Crippen LogP contribution in [0.25, 0.3) is 44.5 Å². The summed E-state index contributed by atoms with van der Waals surface area (Å²) in [7, 11) is -3.32. The van der Waals surface area contributed by atoms with Crippen molar-refractivity contribution >= 4 is 68.8 Å². The average molecular weight is 1300 g/mol. The molecule has 0 atom stereocenters. The van der Waals surface area contributed by atoms with Crippen molar-refractivity contribution in [2.75, 3.05) is 14.7 Å². The number of fused-ring (bicyclic) bond motifs is 10. The van der Waals surface area contributed by atoms with Crippen LogP contribution >= 0.6 is 0 Å². The molecule has 0 N–H and O–H groups in total. The standard InChI is InChI=1S/C77H65N4OSi.Pt/c1-50-34-37-70-63(40-50)64-41-51(2)35-38-71(64)83(70)72-33-19-18-32-68(72)81(74-42-52(3)65(48-78-74)54-24-14-11-15-25-54)69-47-60(36-39-73(69)83)82-59-27-20-26-58(46-59)79-49-80(67-31-17-16-30-66(67)79)75-61(53-22-12-10-13-23-53)28-21-29-62(75)55-43-56(76(4,5)6)45-57(44-55)77(7,8)9;/h10-45,48-49H,1-9H3;/q-3;/i3D3,10D,11D,12D,13D,14D,15D,22D,23D,24D,25D;. The number of hydrogen-bond acceptors (Lipinski definition) is 5. The molecule has 3 aliphatic heterocycles. The van der Waals surface area contributed by atoms with Crippen molar-refractivity contribution in [2.45, 2.75) is 73.1 Å². The molecule has 5 nitrogen and oxygen atoms in total. The molecule has 0 saturated heterocycles. The third kappa shape index (κ3) is 9.14. The number of aryl methyl sites for hydroxylation is 3. The molecular weight excluding hydrogens is 1220 g/mol. The first-order valence-corrected chi connectivity index (χ1v) is 29.8. The average Bonchev–Trinajstić information content (AvgIpc) is 1.58. The normalized spacial score (nSPS) is 16.0. The molecule has 10 aromatic carbocycles. The largest absolute Gasteiger partial charge is 0.509 e. The number of nitrogens with zero attached hydrogens (tertiary/aromatic N) is 4. The number of rotatable bonds is 8. The number of hydrogen-bond donors (Lipinski definition) is 0. The topological polar surface area (TPSA) is 31.8 Å². The number of aromatic nitrogens is 1. The quantitative estimate of drug-likeness (QED) is 0.112. The van der Waals surface area contributed by atoms with Crippen LogP contribution in [0.3, 0.4) is 0 Å². The van der Waals surface area contributed by atoms with Crippen molar-refractivity contribution in [2.24, 2.45) is 0 Å². The molecule has 0 radical (unpaired) electrons. The van der Waals surface area contributed by atoms with Gasteiger partial charge in [0.1, 0.15) is 13.9 Å². The molecule has 3 aliphatic rings. The molecule has 0 fully saturated rings. The first kappa shape index (κ1) is 41.5. The van der Waals surface area contributed by atoms with E-state index in [1.807, 2.05) is 100 Å². The van der Waals surface area contributed by atoms with Crippen LogP contribution in [0.4, 0.5) is 39.9 Å². The summed E-state index contributed by atoms with van der Waals surface area (Å²) in [5.41, 5.74) is 11.7. The molecule has 0 aliphatic carbocycles. The molecule has 7 heteroatoms. The van der Waals surface area contributed by atoms with Gasteiger partial charge in [0.15, 0.2) is 0 Å². The second kappa shape index (κ2) is 21.0. The van der Waals surface area contributed by atoms with Crippen molar-refractivity contribution in [3.63, 3.8) is 0 Å². The van der Waals surface area contributed by atoms with Gasteiger partial charge >= 0.3 is 0 Å². The first-order valence-electron chi connectivity index (χ1n) is 34.3. The van der Waals surface area contributed by atoms with Crippen LogP contribution in [0.1, 0.15) is 87.2 Å². The van der Waals surface area contributed by atoms with E-state index in [9.17, 15) is 2.74 Å². The Hall–Kier alpha value is -8.54. The summed E-state index contributed by atoms with van der Waals surface area (Å²) in [5.74, 6) is 0.805. The number of benzene rings is 10. The van der Waals surface area contributed by atoms with Crippen LogP contribution in [0, 0.1) is 39.5 Å². The van der Waals surface area contributed by atoms with E-state index >= 15 is 0 Å². The molecule has 416 valence electrons. The molecular formula is C77H65N4OPtSi-3. The van der Waals surface area contributed by atoms with Gasteiger partial charge in [-0.1, -0.05) is 222 Å². The fraction of sp³-hybridized carbons (Fsp3) is 0.143. The minimum atomic E-state index is -3.32. The number of anilines is 7. The molecule has 1 aromatic heterocycles. The van der Waals surface area contributed by atoms with E-state index in [-0.39, 0.29) is 72.1 Å². The van der Waals surface area contributed by atoms with Crippen molar-refractivity contribution in [3.05, 3.63) is 271 Å². The van der Waals surface area contributed by atoms with E-state index in [1.165, 1.54) is 22.6 Å². The Morgan fingerprint density at radius 2 is 1.07 bits per heavy atom. The van der Waals surface area contributed by atoms with Crippen LogP contribution in [-0.4, -0.2) is 13.1 Å². The molecule has 11 aromatic rings. The van der Waals surface area contributed by atoms with Gasteiger partial charge in [-0.05, 0) is 116 Å². The molecule has 4 heterocycles. The van der Waals surface area contributed by atoms with Gasteiger partial charge < -0.3 is 19.4 Å². The van der Waals surface area contributed by atoms with E-state index in [2.05, 4.69) is 134 Å². The first-order chi connectivity index (χ1) is 45.5. The van der Waals surface area contributed by atoms with E-state index in [4.69, 9.17) is 24.8 Å². The maximum absolute atomic E-state index is 9.35. The predicted octanol–water partition coefficient (Wildman–Crippen LogP) is 17.5. The number of ether oxygens (including phenoxy) is 1. The Balaban J connectivity index is 0.00000849. The summed E-state index contributed by atoms with van der Waals surface area (Å²) < 4.78 is 122. The summed E-state index contributed by atoms with van der Waals surface area (Å²) in [6.07, 6.45) is 1.29. The minimum absolute atomic E-state index is 0. The summed E-state index contributed by atoms with van der Waals surface area (Å²) in [4.78, 5) is 10.9. The van der Waals surface area contributed by atoms with Gasteiger partial charge in [-0.2, -0.15) is 12.1 Å². The van der Waals surface area contributed by atoms with Crippen molar-refractivity contribution in [1.29, 1.82) is 0 Å². The van der Waals surface area contributed by atoms with E-state index in [1.54, 1.807) is 6.07 Å². The van der Waals surface area contributed by atoms with Gasteiger partial charge in [0, 0.05) is 82.3 Å². The SMILES string of the molecule is [2H]c1c([2H])c([2H])c(-c2cnc(N3c4[c-]c(Oc5[c-]c(N6[CH-]N(c7c(-c8cc(C(C)(C)C)cc(C(C)(C)C)c8)cccc7-c7c([2H])c([2H])c([2H])c([2H])c7[2H])c7ccccc76)ccc5)ccc4[Si]4(c5ccc(C)cc5-c5cc(C)ccc54)c4ccccc43)cc2C([2H])([2H])[2H])c([2H])c1[2H].[Pt]. The fourth-order valence-electron chi connectivity index (χ4n) is 12.3. The Labute approximate surface area is 529 Å². The summed E-state index contributed by atoms with van der Waals surface area (Å²) in [6, 6.07) is 54.9. The summed E-state index contributed by atoms with van der Waals surface area (Å²) in [6.45, 7) is 16.3. The van der Waals surface area contributed by atoms with E-state index in [0.29, 0.717) is 34.1 Å². The fourth-order valence-corrected chi connectivity index (χ4v) is 17.7. The third-order valence-electron chi connectivity index (χ3n) is 16.3. The smallest absolute Gasteiger partial charge is 0.135 e. The Morgan fingerprint density at radius 3 is 1.70 bits per heavy atom. The predicted molar refractivity (Wildman–Crippen MR) is 349 cm³/mol. The number of pyridine rings is 1. The van der Waals surface area contributed by atoms with Crippen LogP contribution in [0.5, 0.6) is 11.5 Å². The maximum Gasteiger partial charge on any atom is 0.135 e. The molecule has 1 spiro atoms. The molecule has 0 unspecified atom stereocenters. The second-order valence-electron chi connectivity index (χ2n) is 23.7. The molecule has 84 heavy (non-hydrogen) atoms. The number of para-hydroxylation sites is 4. The summed E-state index contributed by atoms with van der Waals surface area (Å²) >= 11 is 0. The zero-order chi connectivity index (χ0) is 68.1. The van der Waals surface area contributed by atoms with Crippen LogP contribution in [0.15, 0.2) is 224 Å². The molecule has 0 bridgehead atoms. The third-order valence-corrected chi connectivity index (χ3v) is 21.2. The van der Waals surface area contributed by atoms with E-state index < -0.39 is 63.3 Å². The van der Waals surface area contributed by atoms with Gasteiger partial charge in [-0.3, -0.25) is 0 Å². The minimum Gasteiger partial charge on any atom is -0.509 e. The zero-order valence-corrected chi connectivity index (χ0v) is 51.0. The molecule has 0 saturated carbocycles. The van der Waals surface area contributed by atoms with Gasteiger partial charge in [0.2, 0.25) is 0 Å². The Kier molecular flexibility index (Phi) is 10.3. The van der Waals surface area contributed by atoms with E-state index in [0.717, 1.165) is 71.9 Å². The van der Waals surface area contributed by atoms with Crippen LogP contribution in [0.2, 0.25) is 0 Å². The van der Waals surface area contributed by atoms with Crippen LogP contribution < -0.4 is 40.2 Å². The molecule has 0 amide bonds. The summed E-state index contributed by atoms with van der Waals surface area (Å²) in [5, 5.41) is 4.29.